The molecule has 0 fully saturated rings. The summed E-state index contributed by atoms with van der Waals surface area (Å²) in [5.74, 6) is 0.246. The van der Waals surface area contributed by atoms with Gasteiger partial charge in [-0.25, -0.2) is 9.97 Å². The molecule has 0 bridgehead atoms. The Morgan fingerprint density at radius 2 is 1.79 bits per heavy atom. The first kappa shape index (κ1) is 16.0. The van der Waals surface area contributed by atoms with Crippen molar-refractivity contribution >= 4 is 34.7 Å². The number of benzene rings is 2. The molecule has 3 aromatic rings. The molecule has 0 aliphatic heterocycles. The number of nitrogens with zero attached hydrogens (tertiary/aromatic N) is 2. The number of hydrogen-bond donors (Lipinski definition) is 2. The molecule has 6 heteroatoms. The quantitative estimate of drug-likeness (QED) is 0.738. The van der Waals surface area contributed by atoms with E-state index in [1.54, 1.807) is 12.1 Å². The van der Waals surface area contributed by atoms with Crippen molar-refractivity contribution < 1.29 is 4.79 Å². The first-order valence-corrected chi connectivity index (χ1v) is 7.70. The summed E-state index contributed by atoms with van der Waals surface area (Å²) in [6.45, 7) is 1.96. The highest BCUT2D eigenvalue weighted by Gasteiger charge is 2.08. The second kappa shape index (κ2) is 7.10. The zero-order valence-electron chi connectivity index (χ0n) is 13.0. The lowest BCUT2D eigenvalue weighted by atomic mass is 10.2. The zero-order chi connectivity index (χ0) is 16.9. The minimum Gasteiger partial charge on any atom is -0.339 e. The van der Waals surface area contributed by atoms with E-state index in [1.165, 1.54) is 12.4 Å². The van der Waals surface area contributed by atoms with Crippen LogP contribution in [0, 0.1) is 6.92 Å². The average molecular weight is 339 g/mol. The van der Waals surface area contributed by atoms with Gasteiger partial charge in [-0.05, 0) is 48.9 Å². The summed E-state index contributed by atoms with van der Waals surface area (Å²) in [6.07, 6.45) is 2.95. The fourth-order valence-electron chi connectivity index (χ4n) is 2.11. The Kier molecular flexibility index (Phi) is 4.72. The van der Waals surface area contributed by atoms with E-state index in [1.807, 2.05) is 43.3 Å². The Morgan fingerprint density at radius 1 is 1.00 bits per heavy atom. The number of aromatic nitrogens is 2. The standard InChI is InChI=1S/C18H15ClN4O/c1-12-3-2-4-15(9-12)23-18(24)16-10-21-17(11-20-16)22-14-7-5-13(19)6-8-14/h2-11H,1H3,(H,21,22)(H,23,24). The molecular weight excluding hydrogens is 324 g/mol. The van der Waals surface area contributed by atoms with Crippen LogP contribution >= 0.6 is 11.6 Å². The summed E-state index contributed by atoms with van der Waals surface area (Å²) in [4.78, 5) is 20.5. The van der Waals surface area contributed by atoms with Crippen LogP contribution in [0.3, 0.4) is 0 Å². The molecule has 0 radical (unpaired) electrons. The summed E-state index contributed by atoms with van der Waals surface area (Å²) in [7, 11) is 0. The smallest absolute Gasteiger partial charge is 0.275 e. The van der Waals surface area contributed by atoms with Crippen LogP contribution in [-0.4, -0.2) is 15.9 Å². The van der Waals surface area contributed by atoms with E-state index < -0.39 is 0 Å². The lowest BCUT2D eigenvalue weighted by molar-refractivity contribution is 0.102. The van der Waals surface area contributed by atoms with Crippen LogP contribution in [0.5, 0.6) is 0 Å². The maximum atomic E-state index is 12.2. The highest BCUT2D eigenvalue weighted by Crippen LogP contribution is 2.17. The molecule has 1 heterocycles. The molecular formula is C18H15ClN4O. The van der Waals surface area contributed by atoms with Gasteiger partial charge < -0.3 is 10.6 Å². The predicted molar refractivity (Wildman–Crippen MR) is 95.9 cm³/mol. The van der Waals surface area contributed by atoms with Gasteiger partial charge in [-0.2, -0.15) is 0 Å². The number of aryl methyl sites for hydroxylation is 1. The topological polar surface area (TPSA) is 66.9 Å². The Balaban J connectivity index is 1.67. The number of halogens is 1. The molecule has 2 N–H and O–H groups in total. The minimum absolute atomic E-state index is 0.248. The van der Waals surface area contributed by atoms with Crippen molar-refractivity contribution in [3.05, 3.63) is 77.2 Å². The van der Waals surface area contributed by atoms with Crippen LogP contribution in [-0.2, 0) is 0 Å². The second-order valence-electron chi connectivity index (χ2n) is 5.24. The number of carbonyl (C=O) groups excluding carboxylic acids is 1. The van der Waals surface area contributed by atoms with Gasteiger partial charge in [-0.1, -0.05) is 23.7 Å². The highest BCUT2D eigenvalue weighted by molar-refractivity contribution is 6.30. The van der Waals surface area contributed by atoms with Gasteiger partial charge in [0.1, 0.15) is 11.5 Å². The van der Waals surface area contributed by atoms with Crippen LogP contribution in [0.25, 0.3) is 0 Å². The third-order valence-corrected chi connectivity index (χ3v) is 3.53. The van der Waals surface area contributed by atoms with Gasteiger partial charge in [0.25, 0.3) is 5.91 Å². The number of hydrogen-bond acceptors (Lipinski definition) is 4. The number of carbonyl (C=O) groups is 1. The molecule has 120 valence electrons. The zero-order valence-corrected chi connectivity index (χ0v) is 13.7. The van der Waals surface area contributed by atoms with Crippen molar-refractivity contribution in [1.82, 2.24) is 9.97 Å². The Bertz CT molecular complexity index is 848. The fourth-order valence-corrected chi connectivity index (χ4v) is 2.23. The number of nitrogens with one attached hydrogen (secondary N) is 2. The number of amides is 1. The maximum absolute atomic E-state index is 12.2. The van der Waals surface area contributed by atoms with Gasteiger partial charge in [0, 0.05) is 16.4 Å². The van der Waals surface area contributed by atoms with Crippen LogP contribution < -0.4 is 10.6 Å². The molecule has 0 unspecified atom stereocenters. The van der Waals surface area contributed by atoms with Gasteiger partial charge in [0.15, 0.2) is 0 Å². The summed E-state index contributed by atoms with van der Waals surface area (Å²) >= 11 is 5.85. The molecule has 1 aromatic heterocycles. The Labute approximate surface area is 144 Å². The lowest BCUT2D eigenvalue weighted by Gasteiger charge is -2.07. The van der Waals surface area contributed by atoms with Crippen molar-refractivity contribution in [2.24, 2.45) is 0 Å². The molecule has 1 amide bonds. The molecule has 5 nitrogen and oxygen atoms in total. The third-order valence-electron chi connectivity index (χ3n) is 3.28. The Hall–Kier alpha value is -2.92. The normalized spacial score (nSPS) is 10.2. The predicted octanol–water partition coefficient (Wildman–Crippen LogP) is 4.43. The molecule has 24 heavy (non-hydrogen) atoms. The molecule has 0 aliphatic carbocycles. The highest BCUT2D eigenvalue weighted by atomic mass is 35.5. The first-order chi connectivity index (χ1) is 11.6. The van der Waals surface area contributed by atoms with Crippen molar-refractivity contribution in [2.75, 3.05) is 10.6 Å². The third kappa shape index (κ3) is 4.08. The Morgan fingerprint density at radius 3 is 2.46 bits per heavy atom. The first-order valence-electron chi connectivity index (χ1n) is 7.33. The SMILES string of the molecule is Cc1cccc(NC(=O)c2cnc(Nc3ccc(Cl)cc3)cn2)c1. The van der Waals surface area contributed by atoms with E-state index >= 15 is 0 Å². The molecule has 3 rings (SSSR count). The van der Waals surface area contributed by atoms with Crippen molar-refractivity contribution in [3.8, 4) is 0 Å². The molecule has 0 aliphatic rings. The lowest BCUT2D eigenvalue weighted by Crippen LogP contribution is -2.14. The van der Waals surface area contributed by atoms with E-state index in [-0.39, 0.29) is 11.6 Å². The van der Waals surface area contributed by atoms with Gasteiger partial charge in [0.2, 0.25) is 0 Å². The van der Waals surface area contributed by atoms with Crippen molar-refractivity contribution in [1.29, 1.82) is 0 Å². The minimum atomic E-state index is -0.300. The van der Waals surface area contributed by atoms with Crippen LogP contribution in [0.15, 0.2) is 60.9 Å². The van der Waals surface area contributed by atoms with Gasteiger partial charge in [-0.3, -0.25) is 4.79 Å². The maximum Gasteiger partial charge on any atom is 0.275 e. The fraction of sp³-hybridized carbons (Fsp3) is 0.0556. The van der Waals surface area contributed by atoms with Gasteiger partial charge in [0.05, 0.1) is 12.4 Å². The summed E-state index contributed by atoms with van der Waals surface area (Å²) in [6, 6.07) is 14.8. The van der Waals surface area contributed by atoms with E-state index in [0.717, 1.165) is 16.9 Å². The number of anilines is 3. The van der Waals surface area contributed by atoms with Crippen molar-refractivity contribution in [2.45, 2.75) is 6.92 Å². The van der Waals surface area contributed by atoms with Crippen molar-refractivity contribution in [3.63, 3.8) is 0 Å². The summed E-state index contributed by atoms with van der Waals surface area (Å²) in [5, 5.41) is 6.55. The molecule has 0 saturated carbocycles. The van der Waals surface area contributed by atoms with Crippen LogP contribution in [0.4, 0.5) is 17.2 Å². The summed E-state index contributed by atoms with van der Waals surface area (Å²) in [5.41, 5.74) is 2.88. The largest absolute Gasteiger partial charge is 0.339 e. The molecule has 0 atom stereocenters. The van der Waals surface area contributed by atoms with Crippen LogP contribution in [0.1, 0.15) is 16.1 Å². The molecule has 0 saturated heterocycles. The van der Waals surface area contributed by atoms with E-state index in [0.29, 0.717) is 10.8 Å². The van der Waals surface area contributed by atoms with Crippen LogP contribution in [0.2, 0.25) is 5.02 Å². The van der Waals surface area contributed by atoms with E-state index in [4.69, 9.17) is 11.6 Å². The number of rotatable bonds is 4. The molecule has 2 aromatic carbocycles. The van der Waals surface area contributed by atoms with Gasteiger partial charge in [-0.15, -0.1) is 0 Å². The second-order valence-corrected chi connectivity index (χ2v) is 5.68. The van der Waals surface area contributed by atoms with Gasteiger partial charge >= 0.3 is 0 Å². The van der Waals surface area contributed by atoms with E-state index in [9.17, 15) is 4.79 Å². The average Bonchev–Trinajstić information content (AvgIpc) is 2.57. The monoisotopic (exact) mass is 338 g/mol. The van der Waals surface area contributed by atoms with E-state index in [2.05, 4.69) is 20.6 Å². The summed E-state index contributed by atoms with van der Waals surface area (Å²) < 4.78 is 0. The molecule has 0 spiro atoms.